The highest BCUT2D eigenvalue weighted by molar-refractivity contribution is 7.88. The lowest BCUT2D eigenvalue weighted by atomic mass is 10.0. The van der Waals surface area contributed by atoms with Crippen LogP contribution in [0.1, 0.15) is 42.0 Å². The average molecular weight is 443 g/mol. The summed E-state index contributed by atoms with van der Waals surface area (Å²) >= 11 is 0. The van der Waals surface area contributed by atoms with Gasteiger partial charge in [0.1, 0.15) is 12.4 Å². The lowest BCUT2D eigenvalue weighted by Gasteiger charge is -2.27. The molecule has 1 aliphatic heterocycles. The molecule has 166 valence electrons. The van der Waals surface area contributed by atoms with E-state index in [-0.39, 0.29) is 18.0 Å². The van der Waals surface area contributed by atoms with Crippen LogP contribution in [0.15, 0.2) is 42.5 Å². The van der Waals surface area contributed by atoms with Crippen LogP contribution >= 0.6 is 0 Å². The third kappa shape index (κ3) is 5.10. The molecule has 7 heteroatoms. The maximum Gasteiger partial charge on any atom is 0.227 e. The van der Waals surface area contributed by atoms with E-state index in [0.717, 1.165) is 40.8 Å². The number of fused-ring (bicyclic) bond motifs is 1. The van der Waals surface area contributed by atoms with Crippen LogP contribution in [0.25, 0.3) is 0 Å². The first-order valence-corrected chi connectivity index (χ1v) is 12.6. The fourth-order valence-corrected chi connectivity index (χ4v) is 5.24. The van der Waals surface area contributed by atoms with Crippen molar-refractivity contribution in [2.24, 2.45) is 0 Å². The molecule has 2 aromatic rings. The van der Waals surface area contributed by atoms with Gasteiger partial charge in [0.2, 0.25) is 15.9 Å². The lowest BCUT2D eigenvalue weighted by Crippen LogP contribution is -2.40. The summed E-state index contributed by atoms with van der Waals surface area (Å²) in [5, 5.41) is 0. The quantitative estimate of drug-likeness (QED) is 0.689. The molecule has 0 N–H and O–H groups in total. The molecule has 0 bridgehead atoms. The lowest BCUT2D eigenvalue weighted by molar-refractivity contribution is -0.133. The Kier molecular flexibility index (Phi) is 6.08. The van der Waals surface area contributed by atoms with Gasteiger partial charge in [0.15, 0.2) is 0 Å². The molecule has 1 heterocycles. The second-order valence-corrected chi connectivity index (χ2v) is 10.7. The minimum Gasteiger partial charge on any atom is -0.491 e. The summed E-state index contributed by atoms with van der Waals surface area (Å²) in [5.41, 5.74) is 3.98. The van der Waals surface area contributed by atoms with E-state index in [1.54, 1.807) is 4.31 Å². The molecule has 1 aliphatic carbocycles. The molecule has 1 fully saturated rings. The van der Waals surface area contributed by atoms with E-state index in [2.05, 4.69) is 0 Å². The van der Waals surface area contributed by atoms with Gasteiger partial charge in [0.25, 0.3) is 0 Å². The Labute approximate surface area is 184 Å². The topological polar surface area (TPSA) is 66.9 Å². The van der Waals surface area contributed by atoms with Crippen molar-refractivity contribution < 1.29 is 17.9 Å². The monoisotopic (exact) mass is 442 g/mol. The van der Waals surface area contributed by atoms with Gasteiger partial charge < -0.3 is 9.64 Å². The number of rotatable bonds is 6. The van der Waals surface area contributed by atoms with Gasteiger partial charge in [-0.3, -0.25) is 4.79 Å². The first-order chi connectivity index (χ1) is 14.7. The highest BCUT2D eigenvalue weighted by Crippen LogP contribution is 2.32. The maximum atomic E-state index is 13.2. The summed E-state index contributed by atoms with van der Waals surface area (Å²) in [6.45, 7) is 5.26. The third-order valence-electron chi connectivity index (χ3n) is 6.12. The minimum atomic E-state index is -3.26. The summed E-state index contributed by atoms with van der Waals surface area (Å²) in [6.07, 6.45) is 3.46. The summed E-state index contributed by atoms with van der Waals surface area (Å²) in [5.74, 6) is 0.832. The van der Waals surface area contributed by atoms with Crippen molar-refractivity contribution >= 4 is 15.9 Å². The van der Waals surface area contributed by atoms with Crippen LogP contribution in [0.2, 0.25) is 0 Å². The number of hydrogen-bond acceptors (Lipinski definition) is 4. The predicted molar refractivity (Wildman–Crippen MR) is 120 cm³/mol. The first-order valence-electron chi connectivity index (χ1n) is 10.8. The Hall–Kier alpha value is -2.38. The number of benzene rings is 2. The Bertz CT molecular complexity index is 1080. The van der Waals surface area contributed by atoms with E-state index < -0.39 is 10.0 Å². The van der Waals surface area contributed by atoms with Gasteiger partial charge in [-0.15, -0.1) is 0 Å². The minimum absolute atomic E-state index is 0.0497. The number of sulfonamides is 1. The second kappa shape index (κ2) is 8.63. The molecule has 0 unspecified atom stereocenters. The highest BCUT2D eigenvalue weighted by Gasteiger charge is 2.35. The fraction of sp³-hybridized carbons (Fsp3) is 0.458. The van der Waals surface area contributed by atoms with Crippen molar-refractivity contribution in [2.75, 3.05) is 12.9 Å². The molecular weight excluding hydrogens is 412 g/mol. The van der Waals surface area contributed by atoms with Crippen molar-refractivity contribution in [2.45, 2.75) is 58.3 Å². The van der Waals surface area contributed by atoms with Gasteiger partial charge in [-0.1, -0.05) is 30.3 Å². The van der Waals surface area contributed by atoms with Crippen LogP contribution in [0, 0.1) is 6.92 Å². The van der Waals surface area contributed by atoms with Crippen molar-refractivity contribution in [3.8, 4) is 5.75 Å². The number of amides is 1. The fourth-order valence-electron chi connectivity index (χ4n) is 4.10. The summed E-state index contributed by atoms with van der Waals surface area (Å²) in [7, 11) is -3.26. The Morgan fingerprint density at radius 3 is 2.61 bits per heavy atom. The molecular formula is C24H30N2O4S. The van der Waals surface area contributed by atoms with Gasteiger partial charge in [0.05, 0.1) is 18.7 Å². The molecule has 0 aromatic heterocycles. The molecule has 0 saturated heterocycles. The van der Waals surface area contributed by atoms with E-state index in [0.29, 0.717) is 26.1 Å². The normalized spacial score (nSPS) is 19.0. The Morgan fingerprint density at radius 2 is 1.94 bits per heavy atom. The Balaban J connectivity index is 1.55. The maximum absolute atomic E-state index is 13.2. The van der Waals surface area contributed by atoms with Crippen LogP contribution in [0.4, 0.5) is 0 Å². The van der Waals surface area contributed by atoms with Crippen molar-refractivity contribution in [3.05, 3.63) is 64.7 Å². The van der Waals surface area contributed by atoms with E-state index in [4.69, 9.17) is 4.74 Å². The zero-order valence-corrected chi connectivity index (χ0v) is 19.2. The van der Waals surface area contributed by atoms with E-state index in [1.165, 1.54) is 6.26 Å². The second-order valence-electron chi connectivity index (χ2n) is 8.77. The van der Waals surface area contributed by atoms with Gasteiger partial charge in [0, 0.05) is 24.7 Å². The number of hydrogen-bond donors (Lipinski definition) is 0. The zero-order valence-electron chi connectivity index (χ0n) is 18.4. The van der Waals surface area contributed by atoms with Crippen LogP contribution in [0.3, 0.4) is 0 Å². The van der Waals surface area contributed by atoms with Crippen LogP contribution < -0.4 is 4.74 Å². The smallest absolute Gasteiger partial charge is 0.227 e. The van der Waals surface area contributed by atoms with Crippen molar-refractivity contribution in [1.29, 1.82) is 0 Å². The number of nitrogens with zero attached hydrogens (tertiary/aromatic N) is 2. The van der Waals surface area contributed by atoms with Crippen molar-refractivity contribution in [1.82, 2.24) is 9.21 Å². The van der Waals surface area contributed by atoms with Crippen LogP contribution in [0.5, 0.6) is 5.75 Å². The molecule has 2 aliphatic rings. The predicted octanol–water partition coefficient (Wildman–Crippen LogP) is 3.27. The summed E-state index contributed by atoms with van der Waals surface area (Å²) in [6, 6.07) is 13.8. The Morgan fingerprint density at radius 1 is 1.19 bits per heavy atom. The molecule has 1 amide bonds. The number of aryl methyl sites for hydroxylation is 1. The molecule has 0 spiro atoms. The molecule has 6 nitrogen and oxygen atoms in total. The first kappa shape index (κ1) is 21.8. The van der Waals surface area contributed by atoms with Crippen molar-refractivity contribution in [3.63, 3.8) is 0 Å². The zero-order chi connectivity index (χ0) is 22.2. The van der Waals surface area contributed by atoms with Gasteiger partial charge in [-0.25, -0.2) is 8.42 Å². The molecule has 0 radical (unpaired) electrons. The van der Waals surface area contributed by atoms with Crippen LogP contribution in [-0.4, -0.2) is 48.5 Å². The third-order valence-corrected chi connectivity index (χ3v) is 7.40. The highest BCUT2D eigenvalue weighted by atomic mass is 32.2. The SMILES string of the molecule is Cc1ccccc1CC(=O)N1Cc2cc(CN(C3CC3)S(C)(=O)=O)ccc2OC[C@@H]1C. The van der Waals surface area contributed by atoms with Gasteiger partial charge >= 0.3 is 0 Å². The number of carbonyl (C=O) groups is 1. The van der Waals surface area contributed by atoms with Gasteiger partial charge in [-0.05, 0) is 55.5 Å². The average Bonchev–Trinajstić information content (AvgIpc) is 3.55. The molecule has 1 saturated carbocycles. The standard InChI is InChI=1S/C24H30N2O4S/c1-17-6-4-5-7-20(17)13-24(27)25-15-21-12-19(8-11-23(21)30-16-18(25)2)14-26(22-9-10-22)31(3,28)29/h4-8,11-12,18,22H,9-10,13-16H2,1-3H3/t18-/m0/s1. The molecule has 1 atom stereocenters. The van der Waals surface area contributed by atoms with Gasteiger partial charge in [-0.2, -0.15) is 4.31 Å². The summed E-state index contributed by atoms with van der Waals surface area (Å²) in [4.78, 5) is 15.0. The molecule has 4 rings (SSSR count). The number of ether oxygens (including phenoxy) is 1. The summed E-state index contributed by atoms with van der Waals surface area (Å²) < 4.78 is 31.9. The van der Waals surface area contributed by atoms with E-state index >= 15 is 0 Å². The molecule has 2 aromatic carbocycles. The van der Waals surface area contributed by atoms with E-state index in [1.807, 2.05) is 61.2 Å². The largest absolute Gasteiger partial charge is 0.491 e. The van der Waals surface area contributed by atoms with Crippen LogP contribution in [-0.2, 0) is 34.3 Å². The van der Waals surface area contributed by atoms with E-state index in [9.17, 15) is 13.2 Å². The number of carbonyl (C=O) groups excluding carboxylic acids is 1. The molecule has 31 heavy (non-hydrogen) atoms.